The van der Waals surface area contributed by atoms with Crippen molar-refractivity contribution in [2.24, 2.45) is 0 Å². The van der Waals surface area contributed by atoms with E-state index in [2.05, 4.69) is 25.6 Å². The third-order valence-corrected chi connectivity index (χ3v) is 2.22. The molecule has 100 valence electrons. The fraction of sp³-hybridized carbons (Fsp3) is 0.222. The Kier molecular flexibility index (Phi) is 3.41. The first-order chi connectivity index (χ1) is 9.06. The van der Waals surface area contributed by atoms with Gasteiger partial charge in [0.25, 0.3) is 5.91 Å². The van der Waals surface area contributed by atoms with Gasteiger partial charge in [-0.1, -0.05) is 5.21 Å². The number of nitrogens with zero attached hydrogens (tertiary/aromatic N) is 3. The predicted octanol–water partition coefficient (Wildman–Crippen LogP) is -1.58. The second-order valence-electron chi connectivity index (χ2n) is 3.58. The molecule has 2 aromatic rings. The first-order valence-corrected chi connectivity index (χ1v) is 5.25. The molecule has 19 heavy (non-hydrogen) atoms. The Hall–Kier alpha value is -2.91. The first-order valence-electron chi connectivity index (χ1n) is 5.25. The SMILES string of the molecule is O=C(O)c1cn(CCNC(=O)c2c[nH]c(=O)[nH]2)nn1. The molecule has 0 bridgehead atoms. The highest BCUT2D eigenvalue weighted by Crippen LogP contribution is 1.92. The number of aromatic carboxylic acids is 1. The topological polar surface area (TPSA) is 146 Å². The molecular weight excluding hydrogens is 256 g/mol. The lowest BCUT2D eigenvalue weighted by molar-refractivity contribution is 0.0690. The molecule has 0 fully saturated rings. The van der Waals surface area contributed by atoms with Gasteiger partial charge in [0.05, 0.1) is 12.7 Å². The molecule has 10 heteroatoms. The minimum Gasteiger partial charge on any atom is -0.476 e. The molecule has 0 spiro atoms. The van der Waals surface area contributed by atoms with E-state index in [9.17, 15) is 14.4 Å². The van der Waals surface area contributed by atoms with Crippen molar-refractivity contribution in [2.45, 2.75) is 6.54 Å². The highest BCUT2D eigenvalue weighted by molar-refractivity contribution is 5.91. The van der Waals surface area contributed by atoms with E-state index in [1.165, 1.54) is 17.1 Å². The minimum atomic E-state index is -1.17. The largest absolute Gasteiger partial charge is 0.476 e. The maximum Gasteiger partial charge on any atom is 0.358 e. The number of carbonyl (C=O) groups is 2. The highest BCUT2D eigenvalue weighted by Gasteiger charge is 2.09. The van der Waals surface area contributed by atoms with Crippen molar-refractivity contribution < 1.29 is 14.7 Å². The van der Waals surface area contributed by atoms with Crippen molar-refractivity contribution in [3.05, 3.63) is 34.3 Å². The van der Waals surface area contributed by atoms with Gasteiger partial charge in [-0.05, 0) is 0 Å². The first kappa shape index (κ1) is 12.5. The number of nitrogens with one attached hydrogen (secondary N) is 3. The van der Waals surface area contributed by atoms with E-state index in [0.29, 0.717) is 0 Å². The lowest BCUT2D eigenvalue weighted by atomic mass is 10.4. The van der Waals surface area contributed by atoms with E-state index in [1.807, 2.05) is 0 Å². The Morgan fingerprint density at radius 1 is 1.47 bits per heavy atom. The van der Waals surface area contributed by atoms with E-state index in [0.717, 1.165) is 0 Å². The molecule has 1 amide bonds. The maximum atomic E-state index is 11.5. The molecular formula is C9H10N6O4. The third kappa shape index (κ3) is 3.06. The minimum absolute atomic E-state index is 0.120. The van der Waals surface area contributed by atoms with Gasteiger partial charge in [-0.25, -0.2) is 14.3 Å². The third-order valence-electron chi connectivity index (χ3n) is 2.22. The van der Waals surface area contributed by atoms with E-state index in [4.69, 9.17) is 5.11 Å². The predicted molar refractivity (Wildman–Crippen MR) is 60.7 cm³/mol. The molecule has 4 N–H and O–H groups in total. The van der Waals surface area contributed by atoms with Crippen LogP contribution in [0.4, 0.5) is 0 Å². The van der Waals surface area contributed by atoms with Gasteiger partial charge >= 0.3 is 11.7 Å². The molecule has 0 atom stereocenters. The van der Waals surface area contributed by atoms with Gasteiger partial charge in [-0.3, -0.25) is 4.79 Å². The number of carboxylic acids is 1. The van der Waals surface area contributed by atoms with Crippen molar-refractivity contribution in [1.82, 2.24) is 30.3 Å². The van der Waals surface area contributed by atoms with Gasteiger partial charge < -0.3 is 20.4 Å². The zero-order valence-corrected chi connectivity index (χ0v) is 9.58. The van der Waals surface area contributed by atoms with Gasteiger partial charge in [-0.2, -0.15) is 0 Å². The Balaban J connectivity index is 1.84. The van der Waals surface area contributed by atoms with Crippen LogP contribution in [0.2, 0.25) is 0 Å². The quantitative estimate of drug-likeness (QED) is 0.514. The second-order valence-corrected chi connectivity index (χ2v) is 3.58. The molecule has 0 aromatic carbocycles. The fourth-order valence-corrected chi connectivity index (χ4v) is 1.34. The van der Waals surface area contributed by atoms with Crippen LogP contribution in [0.1, 0.15) is 21.0 Å². The number of imidazole rings is 1. The summed E-state index contributed by atoms with van der Waals surface area (Å²) in [7, 11) is 0. The molecule has 0 saturated carbocycles. The van der Waals surface area contributed by atoms with Crippen LogP contribution in [-0.4, -0.2) is 48.5 Å². The molecule has 2 rings (SSSR count). The normalized spacial score (nSPS) is 10.3. The van der Waals surface area contributed by atoms with Gasteiger partial charge in [0.15, 0.2) is 5.69 Å². The van der Waals surface area contributed by atoms with Crippen LogP contribution in [0, 0.1) is 0 Å². The van der Waals surface area contributed by atoms with Crippen LogP contribution < -0.4 is 11.0 Å². The monoisotopic (exact) mass is 266 g/mol. The van der Waals surface area contributed by atoms with Crippen LogP contribution in [0.25, 0.3) is 0 Å². The summed E-state index contributed by atoms with van der Waals surface area (Å²) in [5.41, 5.74) is -0.511. The number of aromatic amines is 2. The standard InChI is InChI=1S/C9H10N6O4/c16-7(5-3-11-9(19)12-5)10-1-2-15-4-6(8(17)18)13-14-15/h3-4H,1-2H2,(H,10,16)(H,17,18)(H2,11,12,19). The van der Waals surface area contributed by atoms with Gasteiger partial charge in [0.2, 0.25) is 0 Å². The van der Waals surface area contributed by atoms with Gasteiger partial charge in [-0.15, -0.1) is 5.10 Å². The summed E-state index contributed by atoms with van der Waals surface area (Å²) in [6, 6.07) is 0. The average Bonchev–Trinajstić information content (AvgIpc) is 2.98. The number of rotatable bonds is 5. The average molecular weight is 266 g/mol. The zero-order chi connectivity index (χ0) is 13.8. The van der Waals surface area contributed by atoms with Crippen LogP contribution in [-0.2, 0) is 6.54 Å². The van der Waals surface area contributed by atoms with E-state index >= 15 is 0 Å². The molecule has 0 unspecified atom stereocenters. The molecule has 2 aromatic heterocycles. The van der Waals surface area contributed by atoms with Gasteiger partial charge in [0, 0.05) is 12.7 Å². The summed E-state index contributed by atoms with van der Waals surface area (Å²) in [6.07, 6.45) is 2.52. The number of hydrogen-bond acceptors (Lipinski definition) is 5. The second kappa shape index (κ2) is 5.16. The summed E-state index contributed by atoms with van der Waals surface area (Å²) in [5.74, 6) is -1.61. The van der Waals surface area contributed by atoms with Crippen molar-refractivity contribution in [3.8, 4) is 0 Å². The molecule has 0 aliphatic heterocycles. The number of aromatic nitrogens is 5. The molecule has 0 saturated heterocycles. The van der Waals surface area contributed by atoms with Crippen LogP contribution in [0.5, 0.6) is 0 Å². The number of amides is 1. The Bertz CT molecular complexity index is 653. The maximum absolute atomic E-state index is 11.5. The fourth-order valence-electron chi connectivity index (χ4n) is 1.34. The van der Waals surface area contributed by atoms with E-state index < -0.39 is 17.6 Å². The molecule has 0 aliphatic carbocycles. The summed E-state index contributed by atoms with van der Waals surface area (Å²) in [4.78, 5) is 37.5. The Labute approximate surface area is 105 Å². The number of hydrogen-bond donors (Lipinski definition) is 4. The number of carbonyl (C=O) groups excluding carboxylic acids is 1. The Morgan fingerprint density at radius 2 is 2.26 bits per heavy atom. The number of H-pyrrole nitrogens is 2. The molecule has 10 nitrogen and oxygen atoms in total. The molecule has 0 radical (unpaired) electrons. The van der Waals surface area contributed by atoms with Crippen molar-refractivity contribution >= 4 is 11.9 Å². The van der Waals surface area contributed by atoms with E-state index in [-0.39, 0.29) is 24.5 Å². The van der Waals surface area contributed by atoms with Gasteiger partial charge in [0.1, 0.15) is 5.69 Å². The Morgan fingerprint density at radius 3 is 2.84 bits per heavy atom. The highest BCUT2D eigenvalue weighted by atomic mass is 16.4. The van der Waals surface area contributed by atoms with Crippen molar-refractivity contribution in [3.63, 3.8) is 0 Å². The lowest BCUT2D eigenvalue weighted by Gasteiger charge is -2.02. The summed E-state index contributed by atoms with van der Waals surface area (Å²) in [6.45, 7) is 0.481. The van der Waals surface area contributed by atoms with Crippen LogP contribution in [0.15, 0.2) is 17.2 Å². The van der Waals surface area contributed by atoms with Crippen LogP contribution in [0.3, 0.4) is 0 Å². The van der Waals surface area contributed by atoms with Crippen molar-refractivity contribution in [2.75, 3.05) is 6.54 Å². The summed E-state index contributed by atoms with van der Waals surface area (Å²) < 4.78 is 1.30. The van der Waals surface area contributed by atoms with Crippen LogP contribution >= 0.6 is 0 Å². The smallest absolute Gasteiger partial charge is 0.358 e. The molecule has 2 heterocycles. The summed E-state index contributed by atoms with van der Waals surface area (Å²) in [5, 5.41) is 18.2. The molecule has 0 aliphatic rings. The summed E-state index contributed by atoms with van der Waals surface area (Å²) >= 11 is 0. The number of carboxylic acid groups (broad SMARTS) is 1. The lowest BCUT2D eigenvalue weighted by Crippen LogP contribution is -2.28. The van der Waals surface area contributed by atoms with Crippen molar-refractivity contribution in [1.29, 1.82) is 0 Å². The van der Waals surface area contributed by atoms with E-state index in [1.54, 1.807) is 0 Å². The zero-order valence-electron chi connectivity index (χ0n) is 9.58.